The number of allylic oxidation sites excluding steroid dienone is 1. The number of rotatable bonds is 5. The van der Waals surface area contributed by atoms with Crippen LogP contribution in [0.4, 0.5) is 5.82 Å². The number of halogens is 1. The molecule has 0 spiro atoms. The van der Waals surface area contributed by atoms with Gasteiger partial charge in [0.05, 0.1) is 17.9 Å². The van der Waals surface area contributed by atoms with Crippen molar-refractivity contribution in [3.8, 4) is 0 Å². The van der Waals surface area contributed by atoms with Crippen LogP contribution in [0, 0.1) is 5.41 Å². The first-order valence-electron chi connectivity index (χ1n) is 9.71. The molecule has 156 valence electrons. The van der Waals surface area contributed by atoms with E-state index in [1.165, 1.54) is 0 Å². The van der Waals surface area contributed by atoms with E-state index in [-0.39, 0.29) is 11.3 Å². The average Bonchev–Trinajstić information content (AvgIpc) is 2.68. The van der Waals surface area contributed by atoms with Crippen LogP contribution >= 0.6 is 11.6 Å². The zero-order valence-corrected chi connectivity index (χ0v) is 18.1. The molecule has 7 heteroatoms. The third-order valence-electron chi connectivity index (χ3n) is 4.35. The van der Waals surface area contributed by atoms with Crippen molar-refractivity contribution in [2.45, 2.75) is 27.2 Å². The summed E-state index contributed by atoms with van der Waals surface area (Å²) in [6.07, 6.45) is 7.63. The Hall–Kier alpha value is -3.12. The molecular weight excluding hydrogens is 398 g/mol. The predicted molar refractivity (Wildman–Crippen MR) is 124 cm³/mol. The maximum Gasteiger partial charge on any atom is 0.226 e. The van der Waals surface area contributed by atoms with E-state index < -0.39 is 0 Å². The highest BCUT2D eigenvalue weighted by Crippen LogP contribution is 2.29. The SMILES string of the molecule is CC(C)(C)CC(=O)Nc1cc(/C(=C(/N)c2cccc(Cl)c2)N2CC=CC=N2)ccn1. The van der Waals surface area contributed by atoms with Crippen LogP contribution < -0.4 is 11.1 Å². The summed E-state index contributed by atoms with van der Waals surface area (Å²) < 4.78 is 0. The highest BCUT2D eigenvalue weighted by molar-refractivity contribution is 6.30. The van der Waals surface area contributed by atoms with E-state index in [9.17, 15) is 4.79 Å². The summed E-state index contributed by atoms with van der Waals surface area (Å²) in [6, 6.07) is 11.0. The first-order valence-corrected chi connectivity index (χ1v) is 10.1. The molecule has 0 radical (unpaired) electrons. The Labute approximate surface area is 182 Å². The predicted octanol–water partition coefficient (Wildman–Crippen LogP) is 4.75. The molecule has 30 heavy (non-hydrogen) atoms. The third-order valence-corrected chi connectivity index (χ3v) is 4.58. The molecule has 0 fully saturated rings. The molecule has 0 saturated heterocycles. The lowest BCUT2D eigenvalue weighted by molar-refractivity contribution is -0.117. The summed E-state index contributed by atoms with van der Waals surface area (Å²) >= 11 is 6.17. The molecule has 1 amide bonds. The van der Waals surface area contributed by atoms with Gasteiger partial charge in [0.1, 0.15) is 5.82 Å². The van der Waals surface area contributed by atoms with Crippen LogP contribution in [0.25, 0.3) is 11.4 Å². The number of amides is 1. The molecule has 2 heterocycles. The maximum absolute atomic E-state index is 12.4. The minimum Gasteiger partial charge on any atom is -0.396 e. The number of hydrogen-bond acceptors (Lipinski definition) is 5. The molecule has 0 aliphatic carbocycles. The highest BCUT2D eigenvalue weighted by Gasteiger charge is 2.19. The van der Waals surface area contributed by atoms with Crippen molar-refractivity contribution >= 4 is 40.9 Å². The Kier molecular flexibility index (Phi) is 6.57. The first-order chi connectivity index (χ1) is 14.2. The van der Waals surface area contributed by atoms with Crippen molar-refractivity contribution in [3.63, 3.8) is 0 Å². The standard InChI is InChI=1S/C23H26ClN5O/c1-23(2,3)15-20(30)28-19-14-17(9-11-26-19)22(29-12-5-4-10-27-29)21(25)16-7-6-8-18(24)13-16/h4-11,13-14H,12,15,25H2,1-3H3,(H,26,28,30)/b22-21-. The number of nitrogens with two attached hydrogens (primary N) is 1. The molecule has 6 nitrogen and oxygen atoms in total. The molecule has 1 aliphatic rings. The zero-order valence-electron chi connectivity index (χ0n) is 17.4. The van der Waals surface area contributed by atoms with Crippen molar-refractivity contribution < 1.29 is 4.79 Å². The van der Waals surface area contributed by atoms with Crippen LogP contribution in [0.15, 0.2) is 59.8 Å². The lowest BCUT2D eigenvalue weighted by atomic mass is 9.92. The largest absolute Gasteiger partial charge is 0.396 e. The van der Waals surface area contributed by atoms with Crippen LogP contribution in [0.3, 0.4) is 0 Å². The van der Waals surface area contributed by atoms with Gasteiger partial charge in [0.15, 0.2) is 0 Å². The number of pyridine rings is 1. The third kappa shape index (κ3) is 5.70. The maximum atomic E-state index is 12.4. The molecular formula is C23H26ClN5O. The molecule has 0 atom stereocenters. The molecule has 3 rings (SSSR count). The molecule has 0 bridgehead atoms. The van der Waals surface area contributed by atoms with Crippen LogP contribution in [0.5, 0.6) is 0 Å². The van der Waals surface area contributed by atoms with E-state index in [0.717, 1.165) is 11.1 Å². The van der Waals surface area contributed by atoms with E-state index in [1.54, 1.807) is 24.5 Å². The van der Waals surface area contributed by atoms with E-state index >= 15 is 0 Å². The van der Waals surface area contributed by atoms with Gasteiger partial charge in [-0.15, -0.1) is 0 Å². The van der Waals surface area contributed by atoms with Gasteiger partial charge in [-0.2, -0.15) is 5.10 Å². The summed E-state index contributed by atoms with van der Waals surface area (Å²) in [4.78, 5) is 16.7. The van der Waals surface area contributed by atoms with Gasteiger partial charge < -0.3 is 11.1 Å². The summed E-state index contributed by atoms with van der Waals surface area (Å²) in [5, 5.41) is 9.75. The minimum absolute atomic E-state index is 0.0839. The van der Waals surface area contributed by atoms with Gasteiger partial charge in [-0.25, -0.2) is 4.98 Å². The number of carbonyl (C=O) groups is 1. The van der Waals surface area contributed by atoms with Crippen LogP contribution in [0.1, 0.15) is 38.3 Å². The monoisotopic (exact) mass is 423 g/mol. The normalized spacial score (nSPS) is 14.5. The molecule has 0 saturated carbocycles. The fraction of sp³-hybridized carbons (Fsp3) is 0.261. The number of aromatic nitrogens is 1. The zero-order chi connectivity index (χ0) is 21.7. The quantitative estimate of drug-likeness (QED) is 0.726. The number of nitrogens with one attached hydrogen (secondary N) is 1. The van der Waals surface area contributed by atoms with E-state index in [1.807, 2.05) is 62.2 Å². The van der Waals surface area contributed by atoms with Crippen molar-refractivity contribution in [1.82, 2.24) is 9.99 Å². The molecule has 2 aromatic rings. The molecule has 1 aliphatic heterocycles. The van der Waals surface area contributed by atoms with Gasteiger partial charge in [-0.05, 0) is 35.8 Å². The Morgan fingerprint density at radius 3 is 2.70 bits per heavy atom. The van der Waals surface area contributed by atoms with Gasteiger partial charge >= 0.3 is 0 Å². The Balaban J connectivity index is 2.00. The number of nitrogens with zero attached hydrogens (tertiary/aromatic N) is 3. The highest BCUT2D eigenvalue weighted by atomic mass is 35.5. The summed E-state index contributed by atoms with van der Waals surface area (Å²) in [7, 11) is 0. The Morgan fingerprint density at radius 2 is 2.03 bits per heavy atom. The molecule has 3 N–H and O–H groups in total. The second-order valence-electron chi connectivity index (χ2n) is 8.26. The lowest BCUT2D eigenvalue weighted by Gasteiger charge is -2.25. The second-order valence-corrected chi connectivity index (χ2v) is 8.70. The summed E-state index contributed by atoms with van der Waals surface area (Å²) in [5.74, 6) is 0.383. The number of benzene rings is 1. The van der Waals surface area contributed by atoms with Crippen molar-refractivity contribution in [1.29, 1.82) is 0 Å². The number of hydrogen-bond donors (Lipinski definition) is 2. The fourth-order valence-corrected chi connectivity index (χ4v) is 3.28. The second kappa shape index (κ2) is 9.13. The summed E-state index contributed by atoms with van der Waals surface area (Å²) in [6.45, 7) is 6.63. The molecule has 1 aromatic heterocycles. The van der Waals surface area contributed by atoms with Crippen LogP contribution in [0.2, 0.25) is 5.02 Å². The fourth-order valence-electron chi connectivity index (χ4n) is 3.09. The van der Waals surface area contributed by atoms with Crippen molar-refractivity contribution in [2.75, 3.05) is 11.9 Å². The Morgan fingerprint density at radius 1 is 1.23 bits per heavy atom. The van der Waals surface area contributed by atoms with E-state index in [4.69, 9.17) is 17.3 Å². The lowest BCUT2D eigenvalue weighted by Crippen LogP contribution is -2.22. The number of anilines is 1. The smallest absolute Gasteiger partial charge is 0.226 e. The first kappa shape index (κ1) is 21.6. The Bertz CT molecular complexity index is 1020. The van der Waals surface area contributed by atoms with Crippen LogP contribution in [-0.2, 0) is 4.79 Å². The van der Waals surface area contributed by atoms with Gasteiger partial charge in [0, 0.05) is 35.0 Å². The number of carbonyl (C=O) groups excluding carboxylic acids is 1. The van der Waals surface area contributed by atoms with Crippen molar-refractivity contribution in [3.05, 3.63) is 70.9 Å². The van der Waals surface area contributed by atoms with Crippen molar-refractivity contribution in [2.24, 2.45) is 16.3 Å². The summed E-state index contributed by atoms with van der Waals surface area (Å²) in [5.41, 5.74) is 9.29. The molecule has 1 aromatic carbocycles. The van der Waals surface area contributed by atoms with Gasteiger partial charge in [0.25, 0.3) is 0 Å². The topological polar surface area (TPSA) is 83.6 Å². The molecule has 0 unspecified atom stereocenters. The van der Waals surface area contributed by atoms with E-state index in [2.05, 4.69) is 15.4 Å². The minimum atomic E-state index is -0.112. The van der Waals surface area contributed by atoms with Gasteiger partial charge in [-0.3, -0.25) is 9.80 Å². The average molecular weight is 424 g/mol. The number of hydrazone groups is 1. The van der Waals surface area contributed by atoms with Gasteiger partial charge in [-0.1, -0.05) is 50.6 Å². The van der Waals surface area contributed by atoms with Crippen LogP contribution in [-0.4, -0.2) is 28.7 Å². The van der Waals surface area contributed by atoms with Gasteiger partial charge in [0.2, 0.25) is 5.91 Å². The van der Waals surface area contributed by atoms with E-state index in [0.29, 0.717) is 35.2 Å².